The average molecular weight is 330 g/mol. The smallest absolute Gasteiger partial charge is 0.326 e. The molecule has 3 N–H and O–H groups in total. The monoisotopic (exact) mass is 329 g/mol. The van der Waals surface area contributed by atoms with E-state index in [1.807, 2.05) is 0 Å². The second kappa shape index (κ2) is 6.33. The normalized spacial score (nSPS) is 11.7. The van der Waals surface area contributed by atoms with Crippen molar-refractivity contribution in [2.75, 3.05) is 0 Å². The number of halogens is 1. The van der Waals surface area contributed by atoms with Gasteiger partial charge in [-0.15, -0.1) is 0 Å². The fourth-order valence-electron chi connectivity index (χ4n) is 1.42. The molecule has 1 unspecified atom stereocenters. The van der Waals surface area contributed by atoms with Gasteiger partial charge in [-0.05, 0) is 35.0 Å². The summed E-state index contributed by atoms with van der Waals surface area (Å²) in [5.74, 6) is -3.32. The molecule has 0 saturated carbocycles. The van der Waals surface area contributed by atoms with Crippen LogP contribution in [0.25, 0.3) is 0 Å². The summed E-state index contributed by atoms with van der Waals surface area (Å²) in [6, 6.07) is 3.57. The third-order valence-corrected chi connectivity index (χ3v) is 3.04. The molecule has 0 aromatic heterocycles. The van der Waals surface area contributed by atoms with Crippen molar-refractivity contribution >= 4 is 33.8 Å². The topological polar surface area (TPSA) is 104 Å². The number of carboxylic acids is 2. The van der Waals surface area contributed by atoms with Crippen molar-refractivity contribution in [2.24, 2.45) is 0 Å². The van der Waals surface area contributed by atoms with Gasteiger partial charge >= 0.3 is 11.9 Å². The summed E-state index contributed by atoms with van der Waals surface area (Å²) < 4.78 is 0.509. The van der Waals surface area contributed by atoms with Crippen LogP contribution in [0.1, 0.15) is 22.3 Å². The molecule has 1 atom stereocenters. The van der Waals surface area contributed by atoms with Gasteiger partial charge in [0.1, 0.15) is 6.04 Å². The number of aryl methyl sites for hydroxylation is 1. The van der Waals surface area contributed by atoms with Crippen molar-refractivity contribution in [3.63, 3.8) is 0 Å². The Kier molecular flexibility index (Phi) is 5.05. The van der Waals surface area contributed by atoms with Gasteiger partial charge in [-0.25, -0.2) is 4.79 Å². The van der Waals surface area contributed by atoms with E-state index in [0.29, 0.717) is 4.47 Å². The number of rotatable bonds is 5. The van der Waals surface area contributed by atoms with E-state index in [1.165, 1.54) is 0 Å². The Balaban J connectivity index is 2.90. The van der Waals surface area contributed by atoms with Crippen LogP contribution in [0, 0.1) is 6.92 Å². The minimum absolute atomic E-state index is 0.261. The second-order valence-corrected chi connectivity index (χ2v) is 4.80. The molecule has 0 fully saturated rings. The lowest BCUT2D eigenvalue weighted by molar-refractivity contribution is -0.145. The zero-order valence-corrected chi connectivity index (χ0v) is 11.6. The lowest BCUT2D eigenvalue weighted by Gasteiger charge is -2.13. The Morgan fingerprint density at radius 1 is 1.32 bits per heavy atom. The van der Waals surface area contributed by atoms with Crippen LogP contribution in [0.15, 0.2) is 22.7 Å². The van der Waals surface area contributed by atoms with E-state index in [9.17, 15) is 14.4 Å². The predicted molar refractivity (Wildman–Crippen MR) is 70.0 cm³/mol. The van der Waals surface area contributed by atoms with Gasteiger partial charge < -0.3 is 15.5 Å². The van der Waals surface area contributed by atoms with Gasteiger partial charge in [0.15, 0.2) is 0 Å². The van der Waals surface area contributed by atoms with Crippen LogP contribution in [-0.2, 0) is 9.59 Å². The van der Waals surface area contributed by atoms with Crippen molar-refractivity contribution in [1.82, 2.24) is 5.32 Å². The molecule has 0 radical (unpaired) electrons. The summed E-state index contributed by atoms with van der Waals surface area (Å²) in [6.07, 6.45) is -0.676. The Bertz CT molecular complexity index is 529. The van der Waals surface area contributed by atoms with Gasteiger partial charge in [-0.3, -0.25) is 9.59 Å². The maximum atomic E-state index is 11.9. The van der Waals surface area contributed by atoms with Crippen LogP contribution in [0.4, 0.5) is 0 Å². The lowest BCUT2D eigenvalue weighted by Crippen LogP contribution is -2.42. The van der Waals surface area contributed by atoms with E-state index in [0.717, 1.165) is 5.56 Å². The maximum absolute atomic E-state index is 11.9. The number of amides is 1. The van der Waals surface area contributed by atoms with Gasteiger partial charge in [0.2, 0.25) is 0 Å². The molecule has 0 spiro atoms. The van der Waals surface area contributed by atoms with E-state index < -0.39 is 30.3 Å². The lowest BCUT2D eigenvalue weighted by atomic mass is 10.1. The first kappa shape index (κ1) is 15.2. The summed E-state index contributed by atoms with van der Waals surface area (Å²) in [4.78, 5) is 33.3. The number of carboxylic acid groups (broad SMARTS) is 2. The van der Waals surface area contributed by atoms with Crippen LogP contribution < -0.4 is 5.32 Å². The van der Waals surface area contributed by atoms with E-state index >= 15 is 0 Å². The largest absolute Gasteiger partial charge is 0.481 e. The number of carbonyl (C=O) groups is 3. The molecule has 1 rings (SSSR count). The zero-order chi connectivity index (χ0) is 14.6. The standard InChI is InChI=1S/C12H12BrNO5/c1-6-2-3-8(13)7(4-6)11(17)14-9(12(18)19)5-10(15)16/h2-4,9H,5H2,1H3,(H,14,17)(H,15,16)(H,18,19). The van der Waals surface area contributed by atoms with Gasteiger partial charge in [-0.2, -0.15) is 0 Å². The minimum atomic E-state index is -1.46. The van der Waals surface area contributed by atoms with Crippen LogP contribution in [0.2, 0.25) is 0 Å². The summed E-state index contributed by atoms with van der Waals surface area (Å²) in [5, 5.41) is 19.6. The molecule has 7 heteroatoms. The number of aliphatic carboxylic acids is 2. The van der Waals surface area contributed by atoms with Crippen molar-refractivity contribution in [3.05, 3.63) is 33.8 Å². The quantitative estimate of drug-likeness (QED) is 0.757. The number of carbonyl (C=O) groups excluding carboxylic acids is 1. The summed E-state index contributed by atoms with van der Waals surface area (Å²) in [7, 11) is 0. The van der Waals surface area contributed by atoms with Crippen molar-refractivity contribution in [1.29, 1.82) is 0 Å². The molecule has 0 aliphatic carbocycles. The zero-order valence-electron chi connectivity index (χ0n) is 10.0. The van der Waals surface area contributed by atoms with E-state index in [2.05, 4.69) is 21.2 Å². The molecule has 0 saturated heterocycles. The highest BCUT2D eigenvalue weighted by atomic mass is 79.9. The molecule has 0 bridgehead atoms. The number of nitrogens with one attached hydrogen (secondary N) is 1. The molecule has 1 amide bonds. The van der Waals surface area contributed by atoms with E-state index in [4.69, 9.17) is 10.2 Å². The number of benzene rings is 1. The van der Waals surface area contributed by atoms with Crippen LogP contribution in [0.3, 0.4) is 0 Å². The number of hydrogen-bond acceptors (Lipinski definition) is 3. The third-order valence-electron chi connectivity index (χ3n) is 2.35. The first-order valence-corrected chi connectivity index (χ1v) is 6.12. The van der Waals surface area contributed by atoms with Gasteiger partial charge in [0.25, 0.3) is 5.91 Å². The second-order valence-electron chi connectivity index (χ2n) is 3.95. The molecule has 1 aromatic carbocycles. The summed E-state index contributed by atoms with van der Waals surface area (Å²) in [6.45, 7) is 1.79. The Labute approximate surface area is 117 Å². The molecular formula is C12H12BrNO5. The van der Waals surface area contributed by atoms with E-state index in [-0.39, 0.29) is 5.56 Å². The number of hydrogen-bond donors (Lipinski definition) is 3. The van der Waals surface area contributed by atoms with Crippen molar-refractivity contribution in [2.45, 2.75) is 19.4 Å². The predicted octanol–water partition coefficient (Wildman–Crippen LogP) is 1.42. The Morgan fingerprint density at radius 3 is 2.47 bits per heavy atom. The van der Waals surface area contributed by atoms with Crippen LogP contribution in [0.5, 0.6) is 0 Å². The maximum Gasteiger partial charge on any atom is 0.326 e. The third kappa shape index (κ3) is 4.36. The SMILES string of the molecule is Cc1ccc(Br)c(C(=O)NC(CC(=O)O)C(=O)O)c1. The first-order chi connectivity index (χ1) is 8.81. The molecular weight excluding hydrogens is 318 g/mol. The average Bonchev–Trinajstić information content (AvgIpc) is 2.30. The molecule has 0 aliphatic rings. The summed E-state index contributed by atoms with van der Waals surface area (Å²) in [5.41, 5.74) is 1.09. The van der Waals surface area contributed by atoms with Gasteiger partial charge in [-0.1, -0.05) is 11.6 Å². The molecule has 0 heterocycles. The molecule has 19 heavy (non-hydrogen) atoms. The highest BCUT2D eigenvalue weighted by Gasteiger charge is 2.24. The molecule has 102 valence electrons. The molecule has 0 aliphatic heterocycles. The van der Waals surface area contributed by atoms with Crippen molar-refractivity contribution < 1.29 is 24.6 Å². The van der Waals surface area contributed by atoms with Crippen molar-refractivity contribution in [3.8, 4) is 0 Å². The Hall–Kier alpha value is -1.89. The highest BCUT2D eigenvalue weighted by molar-refractivity contribution is 9.10. The van der Waals surface area contributed by atoms with Crippen LogP contribution in [-0.4, -0.2) is 34.1 Å². The van der Waals surface area contributed by atoms with E-state index in [1.54, 1.807) is 25.1 Å². The first-order valence-electron chi connectivity index (χ1n) is 5.33. The highest BCUT2D eigenvalue weighted by Crippen LogP contribution is 2.18. The fourth-order valence-corrected chi connectivity index (χ4v) is 1.85. The van der Waals surface area contributed by atoms with Gasteiger partial charge in [0, 0.05) is 4.47 Å². The van der Waals surface area contributed by atoms with Crippen LogP contribution >= 0.6 is 15.9 Å². The summed E-state index contributed by atoms with van der Waals surface area (Å²) >= 11 is 3.18. The fraction of sp³-hybridized carbons (Fsp3) is 0.250. The molecule has 1 aromatic rings. The Morgan fingerprint density at radius 2 is 1.95 bits per heavy atom. The minimum Gasteiger partial charge on any atom is -0.481 e. The van der Waals surface area contributed by atoms with Gasteiger partial charge in [0.05, 0.1) is 12.0 Å². The molecule has 6 nitrogen and oxygen atoms in total.